The lowest BCUT2D eigenvalue weighted by Gasteiger charge is -2.21. The lowest BCUT2D eigenvalue weighted by Crippen LogP contribution is -2.30. The van der Waals surface area contributed by atoms with Gasteiger partial charge in [0.15, 0.2) is 12.2 Å². The molecule has 0 aromatic carbocycles. The van der Waals surface area contributed by atoms with Gasteiger partial charge in [0.05, 0.1) is 26.4 Å². The van der Waals surface area contributed by atoms with E-state index in [-0.39, 0.29) is 25.7 Å². The van der Waals surface area contributed by atoms with E-state index < -0.39 is 97.5 Å². The molecule has 98 heavy (non-hydrogen) atoms. The van der Waals surface area contributed by atoms with Crippen molar-refractivity contribution in [2.75, 3.05) is 39.6 Å². The predicted octanol–water partition coefficient (Wildman–Crippen LogP) is 22.2. The molecule has 568 valence electrons. The van der Waals surface area contributed by atoms with Crippen LogP contribution in [0, 0.1) is 0 Å². The highest BCUT2D eigenvalue weighted by atomic mass is 31.2. The lowest BCUT2D eigenvalue weighted by atomic mass is 10.0. The van der Waals surface area contributed by atoms with Gasteiger partial charge in [-0.3, -0.25) is 37.3 Å². The Labute approximate surface area is 595 Å². The van der Waals surface area contributed by atoms with Crippen molar-refractivity contribution in [1.82, 2.24) is 0 Å². The Morgan fingerprint density at radius 3 is 0.878 bits per heavy atom. The summed E-state index contributed by atoms with van der Waals surface area (Å²) in [5, 5.41) is 10.6. The SMILES string of the molecule is CC/C=C\C/C=C\C/C=C\C/C=C\CCCCCCC(=O)OCC(COP(=O)(O)OCC(O)COP(=O)(O)OCC(COC(=O)CCCCCCC/C=C\C/C=C\CCCCC)OC(=O)CCCCCCCCCCCCCCCCC)OC(=O)CCCCCCC/C=C\CCCC. The number of allylic oxidation sites excluding steroid dienone is 14. The summed E-state index contributed by atoms with van der Waals surface area (Å²) >= 11 is 0. The molecule has 0 fully saturated rings. The molecule has 0 amide bonds. The minimum Gasteiger partial charge on any atom is -0.462 e. The van der Waals surface area contributed by atoms with Gasteiger partial charge in [0, 0.05) is 25.7 Å². The Hall–Kier alpha value is -3.76. The zero-order chi connectivity index (χ0) is 71.8. The number of rotatable bonds is 73. The van der Waals surface area contributed by atoms with Crippen LogP contribution in [0.4, 0.5) is 0 Å². The number of carbonyl (C=O) groups excluding carboxylic acids is 4. The van der Waals surface area contributed by atoms with Crippen LogP contribution in [0.5, 0.6) is 0 Å². The zero-order valence-corrected chi connectivity index (χ0v) is 63.7. The molecular formula is C79H140O17P2. The van der Waals surface area contributed by atoms with Gasteiger partial charge in [-0.2, -0.15) is 0 Å². The molecule has 5 atom stereocenters. The molecule has 0 spiro atoms. The number of esters is 4. The van der Waals surface area contributed by atoms with Crippen molar-refractivity contribution in [3.05, 3.63) is 85.1 Å². The average Bonchev–Trinajstić information content (AvgIpc) is 0.986. The summed E-state index contributed by atoms with van der Waals surface area (Å²) in [5.74, 6) is -2.21. The van der Waals surface area contributed by atoms with Crippen LogP contribution in [-0.2, 0) is 65.4 Å². The quantitative estimate of drug-likeness (QED) is 0.0169. The Bertz CT molecular complexity index is 2190. The highest BCUT2D eigenvalue weighted by Crippen LogP contribution is 2.45. The number of carbonyl (C=O) groups is 4. The Balaban J connectivity index is 5.33. The third kappa shape index (κ3) is 70.7. The second-order valence-corrected chi connectivity index (χ2v) is 28.8. The van der Waals surface area contributed by atoms with Gasteiger partial charge in [0.2, 0.25) is 0 Å². The van der Waals surface area contributed by atoms with Crippen LogP contribution in [0.15, 0.2) is 85.1 Å². The molecule has 0 aliphatic heterocycles. The van der Waals surface area contributed by atoms with E-state index in [0.29, 0.717) is 25.7 Å². The van der Waals surface area contributed by atoms with Gasteiger partial charge in [-0.25, -0.2) is 9.13 Å². The van der Waals surface area contributed by atoms with E-state index in [2.05, 4.69) is 113 Å². The first kappa shape index (κ1) is 94.2. The van der Waals surface area contributed by atoms with Gasteiger partial charge >= 0.3 is 39.5 Å². The van der Waals surface area contributed by atoms with E-state index in [9.17, 15) is 43.2 Å². The molecule has 0 saturated carbocycles. The van der Waals surface area contributed by atoms with Gasteiger partial charge in [-0.1, -0.05) is 280 Å². The topological polar surface area (TPSA) is 237 Å². The summed E-state index contributed by atoms with van der Waals surface area (Å²) in [7, 11) is -9.95. The molecule has 0 radical (unpaired) electrons. The summed E-state index contributed by atoms with van der Waals surface area (Å²) in [6.45, 7) is 4.68. The van der Waals surface area contributed by atoms with Crippen LogP contribution >= 0.6 is 15.6 Å². The van der Waals surface area contributed by atoms with Gasteiger partial charge in [0.25, 0.3) is 0 Å². The van der Waals surface area contributed by atoms with Crippen LogP contribution < -0.4 is 0 Å². The molecule has 0 aliphatic carbocycles. The largest absolute Gasteiger partial charge is 0.472 e. The van der Waals surface area contributed by atoms with Crippen LogP contribution in [0.2, 0.25) is 0 Å². The van der Waals surface area contributed by atoms with Crippen molar-refractivity contribution in [3.8, 4) is 0 Å². The fourth-order valence-electron chi connectivity index (χ4n) is 10.4. The summed E-state index contributed by atoms with van der Waals surface area (Å²) in [6.07, 6.45) is 72.8. The highest BCUT2D eigenvalue weighted by molar-refractivity contribution is 7.47. The van der Waals surface area contributed by atoms with Crippen molar-refractivity contribution < 1.29 is 80.2 Å². The molecule has 17 nitrogen and oxygen atoms in total. The summed E-state index contributed by atoms with van der Waals surface area (Å²) in [6, 6.07) is 0. The molecule has 5 unspecified atom stereocenters. The molecular weight excluding hydrogens is 1280 g/mol. The number of ether oxygens (including phenoxy) is 4. The Morgan fingerprint density at radius 2 is 0.541 bits per heavy atom. The smallest absolute Gasteiger partial charge is 0.462 e. The first-order chi connectivity index (χ1) is 47.7. The van der Waals surface area contributed by atoms with Crippen molar-refractivity contribution in [2.24, 2.45) is 0 Å². The highest BCUT2D eigenvalue weighted by Gasteiger charge is 2.30. The van der Waals surface area contributed by atoms with Gasteiger partial charge in [-0.05, 0) is 116 Å². The molecule has 0 heterocycles. The number of phosphoric ester groups is 2. The normalized spacial score (nSPS) is 14.4. The molecule has 0 bridgehead atoms. The number of aliphatic hydroxyl groups excluding tert-OH is 1. The maximum Gasteiger partial charge on any atom is 0.472 e. The van der Waals surface area contributed by atoms with Gasteiger partial charge in [0.1, 0.15) is 19.3 Å². The summed E-state index contributed by atoms with van der Waals surface area (Å²) in [4.78, 5) is 72.8. The third-order valence-corrected chi connectivity index (χ3v) is 18.2. The number of unbranched alkanes of at least 4 members (excludes halogenated alkanes) is 33. The van der Waals surface area contributed by atoms with Crippen LogP contribution in [0.3, 0.4) is 0 Å². The van der Waals surface area contributed by atoms with Gasteiger partial charge in [-0.15, -0.1) is 0 Å². The second-order valence-electron chi connectivity index (χ2n) is 25.9. The minimum atomic E-state index is -4.98. The molecule has 3 N–H and O–H groups in total. The standard InChI is InChI=1S/C79H140O17P2/c1-5-9-13-17-21-25-29-32-35-36-39-41-45-48-52-56-60-64-77(82)89-69-74(95-78(83)65-61-57-53-49-43-28-24-20-16-12-8-4)71-93-97(85,86)91-67-73(80)68-92-98(87,88)94-72-75(96-79(84)66-62-58-54-50-46-42-38-34-31-27-23-19-15-11-7-3)70-90-76(81)63-59-55-51-47-44-40-37-33-30-26-22-18-14-10-6-2/h9,13,20-22,24-26,32-33,35,37,39,41,73-75,80H,5-8,10-12,14-19,23,27-31,34,36,38,40,42-72H2,1-4H3,(H,85,86)(H,87,88)/b13-9-,24-20-,25-21-,26-22-,35-32-,37-33-,41-39-. The molecule has 0 aromatic rings. The number of aliphatic hydroxyl groups is 1. The third-order valence-electron chi connectivity index (χ3n) is 16.3. The molecule has 0 rings (SSSR count). The van der Waals surface area contributed by atoms with E-state index >= 15 is 0 Å². The Kier molecular flexibility index (Phi) is 68.9. The van der Waals surface area contributed by atoms with E-state index in [4.69, 9.17) is 37.0 Å². The molecule has 0 aliphatic rings. The van der Waals surface area contributed by atoms with Crippen molar-refractivity contribution in [2.45, 2.75) is 354 Å². The van der Waals surface area contributed by atoms with E-state index in [1.54, 1.807) is 0 Å². The lowest BCUT2D eigenvalue weighted by molar-refractivity contribution is -0.161. The van der Waals surface area contributed by atoms with Crippen LogP contribution in [-0.4, -0.2) is 96.7 Å². The first-order valence-corrected chi connectivity index (χ1v) is 41.8. The van der Waals surface area contributed by atoms with Crippen LogP contribution in [0.25, 0.3) is 0 Å². The van der Waals surface area contributed by atoms with Gasteiger partial charge < -0.3 is 33.8 Å². The predicted molar refractivity (Wildman–Crippen MR) is 399 cm³/mol. The fraction of sp³-hybridized carbons (Fsp3) is 0.772. The van der Waals surface area contributed by atoms with Crippen molar-refractivity contribution in [1.29, 1.82) is 0 Å². The van der Waals surface area contributed by atoms with E-state index in [0.717, 1.165) is 161 Å². The van der Waals surface area contributed by atoms with Crippen molar-refractivity contribution in [3.63, 3.8) is 0 Å². The number of phosphoric acid groups is 2. The average molecular weight is 1420 g/mol. The second kappa shape index (κ2) is 71.6. The van der Waals surface area contributed by atoms with Crippen molar-refractivity contribution >= 4 is 39.5 Å². The molecule has 19 heteroatoms. The maximum atomic E-state index is 13.1. The minimum absolute atomic E-state index is 0.0796. The molecule has 0 saturated heterocycles. The fourth-order valence-corrected chi connectivity index (χ4v) is 12.0. The van der Waals surface area contributed by atoms with Crippen LogP contribution in [0.1, 0.15) is 336 Å². The summed E-state index contributed by atoms with van der Waals surface area (Å²) < 4.78 is 68.5. The summed E-state index contributed by atoms with van der Waals surface area (Å²) in [5.41, 5.74) is 0. The molecule has 0 aromatic heterocycles. The van der Waals surface area contributed by atoms with E-state index in [1.165, 1.54) is 96.3 Å². The monoisotopic (exact) mass is 1420 g/mol. The zero-order valence-electron chi connectivity index (χ0n) is 62.0. The maximum absolute atomic E-state index is 13.1. The first-order valence-electron chi connectivity index (χ1n) is 38.8. The number of hydrogen-bond donors (Lipinski definition) is 3. The number of hydrogen-bond acceptors (Lipinski definition) is 15. The Morgan fingerprint density at radius 1 is 0.296 bits per heavy atom. The van der Waals surface area contributed by atoms with E-state index in [1.807, 2.05) is 0 Å².